The Labute approximate surface area is 79.3 Å². The number of hydrogen-bond acceptors (Lipinski definition) is 3. The lowest BCUT2D eigenvalue weighted by Crippen LogP contribution is -2.46. The minimum atomic E-state index is -0.341. The topological polar surface area (TPSA) is 70.1 Å². The first kappa shape index (κ1) is 11.9. The number of amides is 1. The Bertz CT molecular complexity index is 207. The largest absolute Gasteiger partial charge is 0.368 e. The first-order valence-electron chi connectivity index (χ1n) is 4.42. The van der Waals surface area contributed by atoms with E-state index in [1.807, 2.05) is 18.7 Å². The highest BCUT2D eigenvalue weighted by atomic mass is 16.1. The fourth-order valence-electron chi connectivity index (χ4n) is 1.24. The number of carbonyl (C=O) groups is 1. The second-order valence-electron chi connectivity index (χ2n) is 3.32. The zero-order chi connectivity index (χ0) is 10.4. The Balaban J connectivity index is 4.25. The summed E-state index contributed by atoms with van der Waals surface area (Å²) >= 11 is 0. The Hall–Kier alpha value is -1.08. The van der Waals surface area contributed by atoms with E-state index in [9.17, 15) is 4.79 Å². The van der Waals surface area contributed by atoms with Crippen molar-refractivity contribution in [3.63, 3.8) is 0 Å². The van der Waals surface area contributed by atoms with Gasteiger partial charge in [0.2, 0.25) is 5.91 Å². The predicted molar refractivity (Wildman–Crippen MR) is 50.7 cm³/mol. The van der Waals surface area contributed by atoms with Gasteiger partial charge in [0.05, 0.1) is 12.1 Å². The summed E-state index contributed by atoms with van der Waals surface area (Å²) in [7, 11) is 0. The number of nitrogens with two attached hydrogens (primary N) is 1. The van der Waals surface area contributed by atoms with Crippen LogP contribution in [-0.2, 0) is 4.79 Å². The van der Waals surface area contributed by atoms with Crippen LogP contribution in [0.2, 0.25) is 0 Å². The fraction of sp³-hybridized carbons (Fsp3) is 0.778. The molecule has 0 saturated heterocycles. The molecule has 0 radical (unpaired) electrons. The average molecular weight is 183 g/mol. The summed E-state index contributed by atoms with van der Waals surface area (Å²) in [5.74, 6) is -0.341. The monoisotopic (exact) mass is 183 g/mol. The van der Waals surface area contributed by atoms with Crippen LogP contribution in [0.3, 0.4) is 0 Å². The van der Waals surface area contributed by atoms with Crippen LogP contribution < -0.4 is 5.73 Å². The second-order valence-corrected chi connectivity index (χ2v) is 3.32. The van der Waals surface area contributed by atoms with Gasteiger partial charge in [0, 0.05) is 19.0 Å². The van der Waals surface area contributed by atoms with Gasteiger partial charge in [-0.05, 0) is 20.8 Å². The van der Waals surface area contributed by atoms with E-state index in [2.05, 4.69) is 6.07 Å². The van der Waals surface area contributed by atoms with E-state index in [4.69, 9.17) is 11.0 Å². The standard InChI is InChI=1S/C9H17N3O/c1-7(2)12(6-4-5-10)8(3)9(11)13/h7-8H,4,6H2,1-3H3,(H2,11,13). The number of rotatable bonds is 5. The molecule has 2 N–H and O–H groups in total. The summed E-state index contributed by atoms with van der Waals surface area (Å²) < 4.78 is 0. The van der Waals surface area contributed by atoms with Gasteiger partial charge >= 0.3 is 0 Å². The van der Waals surface area contributed by atoms with Gasteiger partial charge < -0.3 is 5.73 Å². The molecule has 4 heteroatoms. The molecule has 0 bridgehead atoms. The minimum absolute atomic E-state index is 0.232. The average Bonchev–Trinajstić information content (AvgIpc) is 2.04. The van der Waals surface area contributed by atoms with E-state index in [1.165, 1.54) is 0 Å². The molecule has 0 spiro atoms. The van der Waals surface area contributed by atoms with Gasteiger partial charge in [0.25, 0.3) is 0 Å². The lowest BCUT2D eigenvalue weighted by molar-refractivity contribution is -0.123. The van der Waals surface area contributed by atoms with Crippen LogP contribution in [0.5, 0.6) is 0 Å². The highest BCUT2D eigenvalue weighted by molar-refractivity contribution is 5.79. The first-order valence-corrected chi connectivity index (χ1v) is 4.42. The first-order chi connectivity index (χ1) is 6.00. The number of nitrogens with zero attached hydrogens (tertiary/aromatic N) is 2. The minimum Gasteiger partial charge on any atom is -0.368 e. The maximum absolute atomic E-state index is 10.9. The van der Waals surface area contributed by atoms with Gasteiger partial charge in [0.1, 0.15) is 0 Å². The smallest absolute Gasteiger partial charge is 0.234 e. The van der Waals surface area contributed by atoms with Crippen molar-refractivity contribution >= 4 is 5.91 Å². The Kier molecular flexibility index (Phi) is 5.09. The van der Waals surface area contributed by atoms with Gasteiger partial charge in [-0.2, -0.15) is 5.26 Å². The van der Waals surface area contributed by atoms with Crippen LogP contribution in [0.4, 0.5) is 0 Å². The molecule has 1 amide bonds. The quantitative estimate of drug-likeness (QED) is 0.674. The molecule has 0 heterocycles. The van der Waals surface area contributed by atoms with Crippen LogP contribution in [0.15, 0.2) is 0 Å². The van der Waals surface area contributed by atoms with Gasteiger partial charge in [-0.25, -0.2) is 0 Å². The summed E-state index contributed by atoms with van der Waals surface area (Å²) in [5, 5.41) is 8.42. The molecule has 4 nitrogen and oxygen atoms in total. The lowest BCUT2D eigenvalue weighted by atomic mass is 10.2. The van der Waals surface area contributed by atoms with Crippen molar-refractivity contribution < 1.29 is 4.79 Å². The van der Waals surface area contributed by atoms with Crippen LogP contribution >= 0.6 is 0 Å². The second kappa shape index (κ2) is 5.55. The Morgan fingerprint density at radius 1 is 1.54 bits per heavy atom. The van der Waals surface area contributed by atoms with Crippen LogP contribution in [0.1, 0.15) is 27.2 Å². The highest BCUT2D eigenvalue weighted by Crippen LogP contribution is 2.05. The predicted octanol–water partition coefficient (Wildman–Crippen LogP) is 0.484. The molecular formula is C9H17N3O. The Morgan fingerprint density at radius 2 is 2.08 bits per heavy atom. The molecule has 13 heavy (non-hydrogen) atoms. The van der Waals surface area contributed by atoms with Crippen molar-refractivity contribution in [1.82, 2.24) is 4.90 Å². The molecule has 0 aromatic carbocycles. The molecule has 0 saturated carbocycles. The van der Waals surface area contributed by atoms with Crippen molar-refractivity contribution in [2.24, 2.45) is 5.73 Å². The molecule has 0 aliphatic carbocycles. The summed E-state index contributed by atoms with van der Waals surface area (Å²) in [6.07, 6.45) is 0.426. The van der Waals surface area contributed by atoms with E-state index < -0.39 is 0 Å². The van der Waals surface area contributed by atoms with E-state index in [-0.39, 0.29) is 18.0 Å². The molecule has 1 unspecified atom stereocenters. The van der Waals surface area contributed by atoms with Gasteiger partial charge in [-0.1, -0.05) is 0 Å². The van der Waals surface area contributed by atoms with Crippen LogP contribution in [0.25, 0.3) is 0 Å². The van der Waals surface area contributed by atoms with Gasteiger partial charge in [-0.15, -0.1) is 0 Å². The van der Waals surface area contributed by atoms with Crippen molar-refractivity contribution in [2.75, 3.05) is 6.54 Å². The van der Waals surface area contributed by atoms with Crippen molar-refractivity contribution in [1.29, 1.82) is 5.26 Å². The molecule has 0 aromatic rings. The normalized spacial score (nSPS) is 12.9. The third kappa shape index (κ3) is 3.90. The summed E-state index contributed by atoms with van der Waals surface area (Å²) in [5.41, 5.74) is 5.18. The van der Waals surface area contributed by atoms with Crippen LogP contribution in [0, 0.1) is 11.3 Å². The third-order valence-corrected chi connectivity index (χ3v) is 2.05. The zero-order valence-electron chi connectivity index (χ0n) is 8.45. The molecule has 0 aliphatic rings. The highest BCUT2D eigenvalue weighted by Gasteiger charge is 2.20. The van der Waals surface area contributed by atoms with E-state index >= 15 is 0 Å². The van der Waals surface area contributed by atoms with E-state index in [1.54, 1.807) is 6.92 Å². The molecule has 1 atom stereocenters. The molecule has 74 valence electrons. The van der Waals surface area contributed by atoms with Crippen molar-refractivity contribution in [3.05, 3.63) is 0 Å². The van der Waals surface area contributed by atoms with Gasteiger partial charge in [0.15, 0.2) is 0 Å². The van der Waals surface area contributed by atoms with Gasteiger partial charge in [-0.3, -0.25) is 9.69 Å². The maximum Gasteiger partial charge on any atom is 0.234 e. The van der Waals surface area contributed by atoms with Crippen LogP contribution in [-0.4, -0.2) is 29.4 Å². The molecule has 0 rings (SSSR count). The molecule has 0 fully saturated rings. The lowest BCUT2D eigenvalue weighted by Gasteiger charge is -2.29. The molecular weight excluding hydrogens is 166 g/mol. The van der Waals surface area contributed by atoms with Crippen molar-refractivity contribution in [3.8, 4) is 6.07 Å². The van der Waals surface area contributed by atoms with Crippen molar-refractivity contribution in [2.45, 2.75) is 39.3 Å². The number of carbonyl (C=O) groups excluding carboxylic acids is 1. The SMILES string of the molecule is CC(C)N(CCC#N)C(C)C(N)=O. The number of hydrogen-bond donors (Lipinski definition) is 1. The molecule has 0 aliphatic heterocycles. The third-order valence-electron chi connectivity index (χ3n) is 2.05. The molecule has 0 aromatic heterocycles. The maximum atomic E-state index is 10.9. The number of nitriles is 1. The van der Waals surface area contributed by atoms with E-state index in [0.717, 1.165) is 0 Å². The zero-order valence-corrected chi connectivity index (χ0v) is 8.45. The van der Waals surface area contributed by atoms with E-state index in [0.29, 0.717) is 13.0 Å². The fourth-order valence-corrected chi connectivity index (χ4v) is 1.24. The summed E-state index contributed by atoms with van der Waals surface area (Å²) in [6, 6.07) is 1.99. The summed E-state index contributed by atoms with van der Waals surface area (Å²) in [6.45, 7) is 6.33. The Morgan fingerprint density at radius 3 is 2.38 bits per heavy atom. The number of primary amides is 1. The summed E-state index contributed by atoms with van der Waals surface area (Å²) in [4.78, 5) is 12.8.